The van der Waals surface area contributed by atoms with Gasteiger partial charge in [-0.1, -0.05) is 18.2 Å². The van der Waals surface area contributed by atoms with Crippen LogP contribution in [0, 0.1) is 13.8 Å². The summed E-state index contributed by atoms with van der Waals surface area (Å²) in [5, 5.41) is 3.86. The molecule has 6 nitrogen and oxygen atoms in total. The molecule has 7 heteroatoms. The van der Waals surface area contributed by atoms with Gasteiger partial charge in [-0.2, -0.15) is 0 Å². The summed E-state index contributed by atoms with van der Waals surface area (Å²) in [4.78, 5) is 29.3. The molecule has 1 atom stereocenters. The predicted octanol–water partition coefficient (Wildman–Crippen LogP) is 4.20. The number of carbonyl (C=O) groups excluding carboxylic acids is 1. The lowest BCUT2D eigenvalue weighted by molar-refractivity contribution is 0.0950. The number of amides is 1. The first kappa shape index (κ1) is 22.2. The van der Waals surface area contributed by atoms with E-state index in [0.717, 1.165) is 27.2 Å². The normalized spacial score (nSPS) is 12.3. The highest BCUT2D eigenvalue weighted by molar-refractivity contribution is 7.98. The Morgan fingerprint density at radius 2 is 2.03 bits per heavy atom. The van der Waals surface area contributed by atoms with E-state index in [2.05, 4.69) is 21.8 Å². The van der Waals surface area contributed by atoms with Gasteiger partial charge in [0.05, 0.1) is 18.2 Å². The Morgan fingerprint density at radius 1 is 1.30 bits per heavy atom. The van der Waals surface area contributed by atoms with Crippen molar-refractivity contribution < 1.29 is 9.53 Å². The Bertz CT molecular complexity index is 1120. The number of para-hydroxylation sites is 1. The summed E-state index contributed by atoms with van der Waals surface area (Å²) in [6.07, 6.45) is 1.93. The van der Waals surface area contributed by atoms with Gasteiger partial charge in [-0.05, 0) is 46.1 Å². The molecule has 0 spiro atoms. The molecule has 1 amide bonds. The van der Waals surface area contributed by atoms with E-state index in [9.17, 15) is 9.59 Å². The number of hydrogen-bond acceptors (Lipinski definition) is 4. The number of hydrogen-bond donors (Lipinski definition) is 2. The van der Waals surface area contributed by atoms with E-state index in [0.29, 0.717) is 24.3 Å². The fraction of sp³-hybridized carbons (Fsp3) is 0.391. The van der Waals surface area contributed by atoms with E-state index in [1.807, 2.05) is 57.4 Å². The van der Waals surface area contributed by atoms with E-state index in [1.54, 1.807) is 0 Å². The van der Waals surface area contributed by atoms with Gasteiger partial charge in [-0.3, -0.25) is 9.59 Å². The van der Waals surface area contributed by atoms with Crippen molar-refractivity contribution >= 4 is 28.6 Å². The number of aryl methyl sites for hydroxylation is 1. The molecule has 0 unspecified atom stereocenters. The number of ether oxygens (including phenoxy) is 1. The second-order valence-corrected chi connectivity index (χ2v) is 8.22. The van der Waals surface area contributed by atoms with Crippen LogP contribution in [0.4, 0.5) is 0 Å². The Hall–Kier alpha value is -2.51. The van der Waals surface area contributed by atoms with Crippen LogP contribution < -0.4 is 10.9 Å². The largest absolute Gasteiger partial charge is 0.380 e. The van der Waals surface area contributed by atoms with Gasteiger partial charge in [0.25, 0.3) is 11.5 Å². The number of thioether (sulfide) groups is 1. The fourth-order valence-electron chi connectivity index (χ4n) is 3.90. The molecule has 2 heterocycles. The summed E-state index contributed by atoms with van der Waals surface area (Å²) in [6, 6.07) is 9.93. The minimum Gasteiger partial charge on any atom is -0.380 e. The van der Waals surface area contributed by atoms with Gasteiger partial charge < -0.3 is 19.6 Å². The molecule has 0 aliphatic heterocycles. The standard InChI is InChI=1S/C23H29N3O3S/c1-6-29-13-15(3)26-16(4)21(17-9-7-8-10-19(17)26)23(28)24-12-18-20(30-5)11-14(2)25-22(18)27/h7-11,15H,6,12-13H2,1-5H3,(H,24,28)(H,25,27)/t15-/m1/s1. The van der Waals surface area contributed by atoms with Crippen LogP contribution in [0.5, 0.6) is 0 Å². The van der Waals surface area contributed by atoms with Gasteiger partial charge in [-0.15, -0.1) is 11.8 Å². The van der Waals surface area contributed by atoms with Crippen LogP contribution in [-0.4, -0.2) is 34.9 Å². The number of fused-ring (bicyclic) bond motifs is 1. The summed E-state index contributed by atoms with van der Waals surface area (Å²) in [7, 11) is 0. The molecule has 0 radical (unpaired) electrons. The van der Waals surface area contributed by atoms with Gasteiger partial charge in [0.1, 0.15) is 0 Å². The van der Waals surface area contributed by atoms with Crippen LogP contribution in [0.25, 0.3) is 10.9 Å². The van der Waals surface area contributed by atoms with Gasteiger partial charge >= 0.3 is 0 Å². The number of aromatic amines is 1. The second-order valence-electron chi connectivity index (χ2n) is 7.37. The third-order valence-electron chi connectivity index (χ3n) is 5.26. The zero-order valence-corrected chi connectivity index (χ0v) is 19.0. The lowest BCUT2D eigenvalue weighted by Crippen LogP contribution is -2.28. The third-order valence-corrected chi connectivity index (χ3v) is 6.07. The fourth-order valence-corrected chi connectivity index (χ4v) is 4.61. The van der Waals surface area contributed by atoms with E-state index >= 15 is 0 Å². The van der Waals surface area contributed by atoms with Crippen molar-refractivity contribution in [3.8, 4) is 0 Å². The first-order valence-corrected chi connectivity index (χ1v) is 11.3. The monoisotopic (exact) mass is 427 g/mol. The maximum Gasteiger partial charge on any atom is 0.254 e. The molecule has 2 aromatic heterocycles. The van der Waals surface area contributed by atoms with Crippen molar-refractivity contribution in [3.63, 3.8) is 0 Å². The number of nitrogens with one attached hydrogen (secondary N) is 2. The van der Waals surface area contributed by atoms with Crippen molar-refractivity contribution in [1.29, 1.82) is 0 Å². The summed E-state index contributed by atoms with van der Waals surface area (Å²) < 4.78 is 7.77. The molecular formula is C23H29N3O3S. The van der Waals surface area contributed by atoms with Crippen LogP contribution in [0.15, 0.2) is 40.0 Å². The van der Waals surface area contributed by atoms with Crippen molar-refractivity contribution in [2.75, 3.05) is 19.5 Å². The van der Waals surface area contributed by atoms with Gasteiger partial charge in [-0.25, -0.2) is 0 Å². The lowest BCUT2D eigenvalue weighted by atomic mass is 10.1. The third kappa shape index (κ3) is 4.32. The minimum absolute atomic E-state index is 0.0967. The molecule has 0 aliphatic rings. The Labute approximate surface area is 181 Å². The van der Waals surface area contributed by atoms with E-state index in [4.69, 9.17) is 4.74 Å². The molecule has 2 N–H and O–H groups in total. The molecule has 0 saturated heterocycles. The van der Waals surface area contributed by atoms with Crippen LogP contribution in [0.1, 0.15) is 47.2 Å². The van der Waals surface area contributed by atoms with Gasteiger partial charge in [0, 0.05) is 45.9 Å². The first-order chi connectivity index (χ1) is 14.4. The molecule has 0 aliphatic carbocycles. The number of carbonyl (C=O) groups is 1. The van der Waals surface area contributed by atoms with E-state index in [-0.39, 0.29) is 24.1 Å². The van der Waals surface area contributed by atoms with Crippen molar-refractivity contribution in [2.24, 2.45) is 0 Å². The summed E-state index contributed by atoms with van der Waals surface area (Å²) in [6.45, 7) is 9.29. The zero-order chi connectivity index (χ0) is 21.8. The highest BCUT2D eigenvalue weighted by atomic mass is 32.2. The Kier molecular flexibility index (Phi) is 7.05. The Morgan fingerprint density at radius 3 is 2.73 bits per heavy atom. The van der Waals surface area contributed by atoms with Crippen LogP contribution in [-0.2, 0) is 11.3 Å². The highest BCUT2D eigenvalue weighted by Gasteiger charge is 2.22. The molecule has 1 aromatic carbocycles. The molecule has 0 fully saturated rings. The molecule has 3 rings (SSSR count). The van der Waals surface area contributed by atoms with Crippen molar-refractivity contribution in [1.82, 2.24) is 14.9 Å². The molecular weight excluding hydrogens is 398 g/mol. The van der Waals surface area contributed by atoms with E-state index < -0.39 is 0 Å². The quantitative estimate of drug-likeness (QED) is 0.529. The summed E-state index contributed by atoms with van der Waals surface area (Å²) in [5.41, 5.74) is 3.76. The molecule has 3 aromatic rings. The zero-order valence-electron chi connectivity index (χ0n) is 18.2. The second kappa shape index (κ2) is 9.53. The number of benzene rings is 1. The molecule has 160 valence electrons. The van der Waals surface area contributed by atoms with Crippen LogP contribution in [0.3, 0.4) is 0 Å². The Balaban J connectivity index is 1.95. The first-order valence-electron chi connectivity index (χ1n) is 10.1. The summed E-state index contributed by atoms with van der Waals surface area (Å²) >= 11 is 1.50. The average Bonchev–Trinajstić information content (AvgIpc) is 3.02. The topological polar surface area (TPSA) is 76.1 Å². The number of aromatic nitrogens is 2. The molecule has 0 saturated carbocycles. The number of H-pyrrole nitrogens is 1. The number of rotatable bonds is 8. The molecule has 0 bridgehead atoms. The van der Waals surface area contributed by atoms with E-state index in [1.165, 1.54) is 11.8 Å². The SMILES string of the molecule is CCOC[C@@H](C)n1c(C)c(C(=O)NCc2c(SC)cc(C)[nH]c2=O)c2ccccc21. The number of pyridine rings is 1. The molecule has 30 heavy (non-hydrogen) atoms. The van der Waals surface area contributed by atoms with Gasteiger partial charge in [0.2, 0.25) is 0 Å². The van der Waals surface area contributed by atoms with Crippen molar-refractivity contribution in [3.05, 3.63) is 63.2 Å². The van der Waals surface area contributed by atoms with Crippen molar-refractivity contribution in [2.45, 2.75) is 45.2 Å². The average molecular weight is 428 g/mol. The predicted molar refractivity (Wildman–Crippen MR) is 123 cm³/mol. The van der Waals surface area contributed by atoms with Crippen LogP contribution >= 0.6 is 11.8 Å². The lowest BCUT2D eigenvalue weighted by Gasteiger charge is -2.17. The number of nitrogens with zero attached hydrogens (tertiary/aromatic N) is 1. The maximum absolute atomic E-state index is 13.2. The smallest absolute Gasteiger partial charge is 0.254 e. The maximum atomic E-state index is 13.2. The minimum atomic E-state index is -0.182. The summed E-state index contributed by atoms with van der Waals surface area (Å²) in [5.74, 6) is -0.182. The van der Waals surface area contributed by atoms with Crippen LogP contribution in [0.2, 0.25) is 0 Å². The highest BCUT2D eigenvalue weighted by Crippen LogP contribution is 2.29. The van der Waals surface area contributed by atoms with Gasteiger partial charge in [0.15, 0.2) is 0 Å².